The smallest absolute Gasteiger partial charge is 0.416 e. The van der Waals surface area contributed by atoms with Crippen molar-refractivity contribution >= 4 is 0 Å². The molecule has 0 atom stereocenters. The average Bonchev–Trinajstić information content (AvgIpc) is 2.28. The first-order valence-electron chi connectivity index (χ1n) is 4.92. The van der Waals surface area contributed by atoms with Crippen LogP contribution in [0.2, 0.25) is 0 Å². The molecule has 92 valence electrons. The zero-order valence-corrected chi connectivity index (χ0v) is 9.27. The van der Waals surface area contributed by atoms with Gasteiger partial charge in [0.1, 0.15) is 5.75 Å². The number of rotatable bonds is 2. The minimum absolute atomic E-state index is 0.136. The van der Waals surface area contributed by atoms with E-state index in [-0.39, 0.29) is 11.3 Å². The van der Waals surface area contributed by atoms with Gasteiger partial charge in [0.15, 0.2) is 0 Å². The first-order chi connectivity index (χ1) is 7.97. The van der Waals surface area contributed by atoms with Crippen molar-refractivity contribution in [2.75, 3.05) is 13.7 Å². The van der Waals surface area contributed by atoms with E-state index in [4.69, 9.17) is 10.5 Å². The van der Waals surface area contributed by atoms with Crippen molar-refractivity contribution in [2.45, 2.75) is 12.6 Å². The van der Waals surface area contributed by atoms with Crippen LogP contribution in [0.3, 0.4) is 0 Å². The van der Waals surface area contributed by atoms with Crippen molar-refractivity contribution in [1.82, 2.24) is 0 Å². The van der Waals surface area contributed by atoms with Crippen LogP contribution in [-0.4, -0.2) is 13.7 Å². The van der Waals surface area contributed by atoms with Crippen LogP contribution in [0.4, 0.5) is 13.2 Å². The molecule has 17 heavy (non-hydrogen) atoms. The Hall–Kier alpha value is -1.67. The molecule has 0 heterocycles. The predicted octanol–water partition coefficient (Wildman–Crippen LogP) is 2.41. The Morgan fingerprint density at radius 2 is 2.00 bits per heavy atom. The van der Waals surface area contributed by atoms with Gasteiger partial charge in [0.2, 0.25) is 0 Å². The monoisotopic (exact) mass is 243 g/mol. The summed E-state index contributed by atoms with van der Waals surface area (Å²) in [6.45, 7) is 0.378. The van der Waals surface area contributed by atoms with Gasteiger partial charge in [0.25, 0.3) is 0 Å². The first kappa shape index (κ1) is 13.4. The van der Waals surface area contributed by atoms with E-state index in [1.54, 1.807) is 0 Å². The standard InChI is InChI=1S/C12H12F3NO/c1-17-11-7-9(4-2-3-5-16)6-10(8-11)12(13,14)15/h6-8H,3,5,16H2,1H3. The lowest BCUT2D eigenvalue weighted by molar-refractivity contribution is -0.137. The van der Waals surface area contributed by atoms with Gasteiger partial charge < -0.3 is 10.5 Å². The van der Waals surface area contributed by atoms with Crippen molar-refractivity contribution in [3.05, 3.63) is 29.3 Å². The fourth-order valence-electron chi connectivity index (χ4n) is 1.19. The second-order valence-electron chi connectivity index (χ2n) is 3.29. The number of ether oxygens (including phenoxy) is 1. The maximum atomic E-state index is 12.5. The van der Waals surface area contributed by atoms with E-state index >= 15 is 0 Å². The Morgan fingerprint density at radius 1 is 1.29 bits per heavy atom. The molecule has 1 rings (SSSR count). The van der Waals surface area contributed by atoms with Crippen molar-refractivity contribution in [2.24, 2.45) is 5.73 Å². The van der Waals surface area contributed by atoms with E-state index in [0.717, 1.165) is 12.1 Å². The van der Waals surface area contributed by atoms with Crippen molar-refractivity contribution < 1.29 is 17.9 Å². The van der Waals surface area contributed by atoms with Crippen molar-refractivity contribution in [3.63, 3.8) is 0 Å². The molecule has 0 bridgehead atoms. The highest BCUT2D eigenvalue weighted by Gasteiger charge is 2.31. The first-order valence-corrected chi connectivity index (χ1v) is 4.92. The van der Waals surface area contributed by atoms with E-state index in [2.05, 4.69) is 11.8 Å². The van der Waals surface area contributed by atoms with Gasteiger partial charge in [-0.2, -0.15) is 13.2 Å². The van der Waals surface area contributed by atoms with Crippen LogP contribution in [0.1, 0.15) is 17.5 Å². The van der Waals surface area contributed by atoms with E-state index in [0.29, 0.717) is 13.0 Å². The summed E-state index contributed by atoms with van der Waals surface area (Å²) in [4.78, 5) is 0. The van der Waals surface area contributed by atoms with Gasteiger partial charge in [-0.1, -0.05) is 11.8 Å². The highest BCUT2D eigenvalue weighted by molar-refractivity contribution is 5.44. The second kappa shape index (κ2) is 5.60. The molecular weight excluding hydrogens is 231 g/mol. The molecule has 2 N–H and O–H groups in total. The molecule has 0 saturated carbocycles. The third-order valence-corrected chi connectivity index (χ3v) is 1.97. The van der Waals surface area contributed by atoms with Crippen molar-refractivity contribution in [1.29, 1.82) is 0 Å². The number of halogens is 3. The summed E-state index contributed by atoms with van der Waals surface area (Å²) in [5.74, 6) is 5.44. The predicted molar refractivity (Wildman–Crippen MR) is 58.5 cm³/mol. The average molecular weight is 243 g/mol. The molecule has 0 aliphatic rings. The fraction of sp³-hybridized carbons (Fsp3) is 0.333. The SMILES string of the molecule is COc1cc(C#CCCN)cc(C(F)(F)F)c1. The van der Waals surface area contributed by atoms with Gasteiger partial charge in [-0.3, -0.25) is 0 Å². The van der Waals surface area contributed by atoms with Gasteiger partial charge in [0, 0.05) is 18.5 Å². The minimum Gasteiger partial charge on any atom is -0.497 e. The van der Waals surface area contributed by atoms with Gasteiger partial charge in [0.05, 0.1) is 12.7 Å². The van der Waals surface area contributed by atoms with Crippen molar-refractivity contribution in [3.8, 4) is 17.6 Å². The van der Waals surface area contributed by atoms with Crippen LogP contribution in [0.5, 0.6) is 5.75 Å². The lowest BCUT2D eigenvalue weighted by atomic mass is 10.1. The highest BCUT2D eigenvalue weighted by Crippen LogP contribution is 2.32. The molecule has 0 aromatic heterocycles. The van der Waals surface area contributed by atoms with Crippen LogP contribution in [-0.2, 0) is 6.18 Å². The Kier molecular flexibility index (Phi) is 4.41. The highest BCUT2D eigenvalue weighted by atomic mass is 19.4. The van der Waals surface area contributed by atoms with Gasteiger partial charge in [-0.25, -0.2) is 0 Å². The van der Waals surface area contributed by atoms with Crippen LogP contribution < -0.4 is 10.5 Å². The zero-order chi connectivity index (χ0) is 12.9. The number of methoxy groups -OCH3 is 1. The molecule has 1 aromatic rings. The maximum Gasteiger partial charge on any atom is 0.416 e. The third-order valence-electron chi connectivity index (χ3n) is 1.97. The fourth-order valence-corrected chi connectivity index (χ4v) is 1.19. The molecule has 0 amide bonds. The summed E-state index contributed by atoms with van der Waals surface area (Å²) in [6, 6.07) is 3.39. The quantitative estimate of drug-likeness (QED) is 0.809. The lowest BCUT2D eigenvalue weighted by Crippen LogP contribution is -2.05. The zero-order valence-electron chi connectivity index (χ0n) is 9.27. The Bertz CT molecular complexity index is 443. The molecule has 1 aromatic carbocycles. The number of benzene rings is 1. The molecule has 0 aliphatic heterocycles. The normalized spacial score (nSPS) is 10.6. The van der Waals surface area contributed by atoms with E-state index in [1.807, 2.05) is 0 Å². The van der Waals surface area contributed by atoms with Gasteiger partial charge >= 0.3 is 6.18 Å². The Morgan fingerprint density at radius 3 is 2.53 bits per heavy atom. The Balaban J connectivity index is 3.11. The van der Waals surface area contributed by atoms with E-state index < -0.39 is 11.7 Å². The van der Waals surface area contributed by atoms with Crippen LogP contribution in [0, 0.1) is 11.8 Å². The molecule has 0 fully saturated rings. The van der Waals surface area contributed by atoms with Crippen LogP contribution in [0.25, 0.3) is 0 Å². The molecular formula is C12H12F3NO. The molecule has 0 aliphatic carbocycles. The lowest BCUT2D eigenvalue weighted by Gasteiger charge is -2.09. The number of hydrogen-bond donors (Lipinski definition) is 1. The summed E-state index contributed by atoms with van der Waals surface area (Å²) < 4.78 is 42.5. The molecule has 2 nitrogen and oxygen atoms in total. The van der Waals surface area contributed by atoms with E-state index in [9.17, 15) is 13.2 Å². The second-order valence-corrected chi connectivity index (χ2v) is 3.29. The molecule has 0 saturated heterocycles. The topological polar surface area (TPSA) is 35.2 Å². The number of alkyl halides is 3. The summed E-state index contributed by atoms with van der Waals surface area (Å²) in [5, 5.41) is 0. The summed E-state index contributed by atoms with van der Waals surface area (Å²) in [7, 11) is 1.31. The van der Waals surface area contributed by atoms with Crippen LogP contribution >= 0.6 is 0 Å². The number of hydrogen-bond acceptors (Lipinski definition) is 2. The molecule has 0 radical (unpaired) electrons. The maximum absolute atomic E-state index is 12.5. The van der Waals surface area contributed by atoms with Crippen LogP contribution in [0.15, 0.2) is 18.2 Å². The Labute approximate surface area is 97.6 Å². The molecule has 5 heteroatoms. The van der Waals surface area contributed by atoms with Gasteiger partial charge in [-0.05, 0) is 18.2 Å². The summed E-state index contributed by atoms with van der Waals surface area (Å²) in [5.41, 5.74) is 4.74. The number of nitrogens with two attached hydrogens (primary N) is 1. The largest absolute Gasteiger partial charge is 0.497 e. The minimum atomic E-state index is -4.40. The van der Waals surface area contributed by atoms with Gasteiger partial charge in [-0.15, -0.1) is 0 Å². The third kappa shape index (κ3) is 4.00. The molecule has 0 unspecified atom stereocenters. The molecule has 0 spiro atoms. The summed E-state index contributed by atoms with van der Waals surface area (Å²) >= 11 is 0. The summed E-state index contributed by atoms with van der Waals surface area (Å²) in [6.07, 6.45) is -3.96. The van der Waals surface area contributed by atoms with E-state index in [1.165, 1.54) is 13.2 Å².